The zero-order valence-electron chi connectivity index (χ0n) is 5.89. The molecule has 0 spiro atoms. The number of aldehydes is 1. The normalized spacial score (nSPS) is 9.12. The number of rotatable bonds is 0. The van der Waals surface area contributed by atoms with Crippen LogP contribution in [0.3, 0.4) is 0 Å². The van der Waals surface area contributed by atoms with Crippen LogP contribution in [0.5, 0.6) is 0 Å². The van der Waals surface area contributed by atoms with Crippen LogP contribution in [0.1, 0.15) is 20.8 Å². The summed E-state index contributed by atoms with van der Waals surface area (Å²) in [6.45, 7) is 5.62. The van der Waals surface area contributed by atoms with Gasteiger partial charge in [-0.05, 0) is 0 Å². The molecule has 0 aromatic carbocycles. The molecule has 0 unspecified atom stereocenters. The molecule has 0 aliphatic rings. The molecule has 0 atom stereocenters. The largest absolute Gasteiger partial charge is 0.303 e. The zero-order chi connectivity index (χ0) is 7.21. The highest BCUT2D eigenvalue weighted by atomic mass is 16.2. The molecule has 0 aromatic heterocycles. The minimum atomic E-state index is -0.139. The van der Waals surface area contributed by atoms with Crippen molar-refractivity contribution < 1.29 is 9.90 Å². The van der Waals surface area contributed by atoms with Crippen molar-refractivity contribution in [1.29, 1.82) is 0 Å². The third-order valence-corrected chi connectivity index (χ3v) is 0.354. The number of carbonyl (C=O) groups is 1. The van der Waals surface area contributed by atoms with Gasteiger partial charge < -0.3 is 4.79 Å². The van der Waals surface area contributed by atoms with Gasteiger partial charge in [0.1, 0.15) is 6.29 Å². The van der Waals surface area contributed by atoms with Gasteiger partial charge in [-0.15, -0.1) is 0 Å². The van der Waals surface area contributed by atoms with E-state index >= 15 is 0 Å². The maximum absolute atomic E-state index is 9.83. The van der Waals surface area contributed by atoms with Gasteiger partial charge in [-0.3, -0.25) is 0 Å². The Morgan fingerprint density at radius 3 is 1.25 bits per heavy atom. The first-order valence-corrected chi connectivity index (χ1v) is 2.43. The Kier molecular flexibility index (Phi) is 6.32. The summed E-state index contributed by atoms with van der Waals surface area (Å²) < 4.78 is 0. The van der Waals surface area contributed by atoms with Gasteiger partial charge >= 0.3 is 0 Å². The second kappa shape index (κ2) is 4.78. The molecular formula is C6H13O2. The summed E-state index contributed by atoms with van der Waals surface area (Å²) >= 11 is 0. The lowest BCUT2D eigenvalue weighted by Crippen LogP contribution is -2.04. The molecule has 0 saturated carbocycles. The van der Waals surface area contributed by atoms with Gasteiger partial charge in [-0.1, -0.05) is 20.8 Å². The van der Waals surface area contributed by atoms with E-state index in [-0.39, 0.29) is 5.41 Å². The van der Waals surface area contributed by atoms with Crippen molar-refractivity contribution in [3.8, 4) is 0 Å². The van der Waals surface area contributed by atoms with Crippen LogP contribution in [0.2, 0.25) is 0 Å². The molecule has 0 amide bonds. The first kappa shape index (κ1) is 10.6. The molecule has 0 fully saturated rings. The molecule has 0 N–H and O–H groups in total. The van der Waals surface area contributed by atoms with E-state index in [2.05, 4.69) is 0 Å². The van der Waals surface area contributed by atoms with E-state index in [1.54, 1.807) is 0 Å². The molecule has 2 nitrogen and oxygen atoms in total. The lowest BCUT2D eigenvalue weighted by Gasteiger charge is -2.03. The average molecular weight is 117 g/mol. The Morgan fingerprint density at radius 1 is 1.12 bits per heavy atom. The van der Waals surface area contributed by atoms with Crippen LogP contribution in [0.4, 0.5) is 0 Å². The number of hydrogen-bond donors (Lipinski definition) is 0. The predicted octanol–water partition coefficient (Wildman–Crippen LogP) is 1.28. The average Bonchev–Trinajstić information content (AvgIpc) is 1.71. The van der Waals surface area contributed by atoms with Crippen LogP contribution in [0.15, 0.2) is 0 Å². The minimum absolute atomic E-state index is 0.139. The van der Waals surface area contributed by atoms with E-state index in [1.165, 1.54) is 0 Å². The van der Waals surface area contributed by atoms with Gasteiger partial charge in [0.2, 0.25) is 0 Å². The standard InChI is InChI=1S/C5H10O.CH3O/c1-5(2,3)4-6;1-2/h4H,1-3H3;1H3. The molecule has 49 valence electrons. The summed E-state index contributed by atoms with van der Waals surface area (Å²) in [6.07, 6.45) is 0.938. The smallest absolute Gasteiger partial charge is 0.125 e. The Bertz CT molecular complexity index is 52.0. The maximum Gasteiger partial charge on any atom is 0.125 e. The zero-order valence-corrected chi connectivity index (χ0v) is 5.89. The highest BCUT2D eigenvalue weighted by molar-refractivity contribution is 5.56. The number of carbonyl (C=O) groups excluding carboxylic acids is 1. The van der Waals surface area contributed by atoms with E-state index < -0.39 is 0 Å². The molecule has 0 aliphatic carbocycles. The van der Waals surface area contributed by atoms with E-state index in [0.29, 0.717) is 0 Å². The first-order valence-electron chi connectivity index (χ1n) is 2.43. The van der Waals surface area contributed by atoms with Crippen molar-refractivity contribution in [2.75, 3.05) is 7.11 Å². The molecule has 0 bridgehead atoms. The van der Waals surface area contributed by atoms with Gasteiger partial charge in [0, 0.05) is 5.41 Å². The lowest BCUT2D eigenvalue weighted by molar-refractivity contribution is -0.113. The first-order chi connectivity index (χ1) is 3.56. The number of hydrogen-bond acceptors (Lipinski definition) is 1. The molecule has 1 radical (unpaired) electrons. The van der Waals surface area contributed by atoms with Gasteiger partial charge in [-0.25, -0.2) is 5.11 Å². The third kappa shape index (κ3) is 17.4. The fourth-order valence-electron chi connectivity index (χ4n) is 0. The van der Waals surface area contributed by atoms with Crippen molar-refractivity contribution in [2.45, 2.75) is 20.8 Å². The second-order valence-electron chi connectivity index (χ2n) is 2.48. The Balaban J connectivity index is 0. The predicted molar refractivity (Wildman–Crippen MR) is 32.1 cm³/mol. The quantitative estimate of drug-likeness (QED) is 0.440. The van der Waals surface area contributed by atoms with Crippen LogP contribution in [-0.2, 0) is 9.90 Å². The van der Waals surface area contributed by atoms with Crippen LogP contribution in [0.25, 0.3) is 0 Å². The topological polar surface area (TPSA) is 37.0 Å². The monoisotopic (exact) mass is 117 g/mol. The summed E-state index contributed by atoms with van der Waals surface area (Å²) in [5.74, 6) is 0. The van der Waals surface area contributed by atoms with Gasteiger partial charge in [0.05, 0.1) is 7.11 Å². The maximum atomic E-state index is 9.83. The van der Waals surface area contributed by atoms with Crippen molar-refractivity contribution in [3.05, 3.63) is 0 Å². The van der Waals surface area contributed by atoms with Crippen molar-refractivity contribution in [1.82, 2.24) is 0 Å². The minimum Gasteiger partial charge on any atom is -0.303 e. The van der Waals surface area contributed by atoms with Gasteiger partial charge in [0.15, 0.2) is 0 Å². The SMILES string of the molecule is CC(C)(C)C=O.C[O]. The van der Waals surface area contributed by atoms with Crippen molar-refractivity contribution >= 4 is 6.29 Å². The summed E-state index contributed by atoms with van der Waals surface area (Å²) in [5, 5.41) is 8.25. The van der Waals surface area contributed by atoms with E-state index in [1.807, 2.05) is 20.8 Å². The fourth-order valence-corrected chi connectivity index (χ4v) is 0. The molecule has 0 saturated heterocycles. The Labute approximate surface area is 50.5 Å². The highest BCUT2D eigenvalue weighted by Gasteiger charge is 2.04. The van der Waals surface area contributed by atoms with E-state index in [9.17, 15) is 4.79 Å². The molecule has 8 heavy (non-hydrogen) atoms. The molecule has 0 heterocycles. The van der Waals surface area contributed by atoms with Crippen molar-refractivity contribution in [3.63, 3.8) is 0 Å². The lowest BCUT2D eigenvalue weighted by atomic mass is 10.0. The fraction of sp³-hybridized carbons (Fsp3) is 0.833. The van der Waals surface area contributed by atoms with Gasteiger partial charge in [0.25, 0.3) is 0 Å². The van der Waals surface area contributed by atoms with Crippen molar-refractivity contribution in [2.24, 2.45) is 5.41 Å². The van der Waals surface area contributed by atoms with Crippen LogP contribution in [0, 0.1) is 5.41 Å². The second-order valence-corrected chi connectivity index (χ2v) is 2.48. The van der Waals surface area contributed by atoms with Gasteiger partial charge in [-0.2, -0.15) is 0 Å². The summed E-state index contributed by atoms with van der Waals surface area (Å²) in [5.41, 5.74) is -0.139. The summed E-state index contributed by atoms with van der Waals surface area (Å²) in [6, 6.07) is 0. The van der Waals surface area contributed by atoms with E-state index in [4.69, 9.17) is 5.11 Å². The molecule has 2 heteroatoms. The summed E-state index contributed by atoms with van der Waals surface area (Å²) in [4.78, 5) is 9.83. The third-order valence-electron chi connectivity index (χ3n) is 0.354. The van der Waals surface area contributed by atoms with Crippen LogP contribution >= 0.6 is 0 Å². The van der Waals surface area contributed by atoms with Crippen LogP contribution < -0.4 is 0 Å². The molecule has 0 rings (SSSR count). The van der Waals surface area contributed by atoms with E-state index in [0.717, 1.165) is 13.4 Å². The molecule has 0 aliphatic heterocycles. The Morgan fingerprint density at radius 2 is 1.25 bits per heavy atom. The Hall–Kier alpha value is -0.370. The summed E-state index contributed by atoms with van der Waals surface area (Å²) in [7, 11) is 0.750. The highest BCUT2D eigenvalue weighted by Crippen LogP contribution is 2.05. The van der Waals surface area contributed by atoms with Crippen LogP contribution in [-0.4, -0.2) is 13.4 Å². The molecule has 0 aromatic rings. The molecular weight excluding hydrogens is 104 g/mol.